The van der Waals surface area contributed by atoms with Crippen LogP contribution in [-0.4, -0.2) is 82.2 Å². The van der Waals surface area contributed by atoms with Crippen molar-refractivity contribution >= 4 is 23.4 Å². The lowest BCUT2D eigenvalue weighted by atomic mass is 9.77. The monoisotopic (exact) mass is 541 g/mol. The van der Waals surface area contributed by atoms with Gasteiger partial charge in [-0.2, -0.15) is 0 Å². The van der Waals surface area contributed by atoms with Crippen LogP contribution in [0.4, 0.5) is 5.69 Å². The van der Waals surface area contributed by atoms with Gasteiger partial charge in [0.25, 0.3) is 0 Å². The van der Waals surface area contributed by atoms with E-state index in [9.17, 15) is 19.5 Å². The summed E-state index contributed by atoms with van der Waals surface area (Å²) in [5, 5.41) is 10.6. The van der Waals surface area contributed by atoms with Crippen molar-refractivity contribution in [3.63, 3.8) is 0 Å². The van der Waals surface area contributed by atoms with Gasteiger partial charge < -0.3 is 24.5 Å². The predicted molar refractivity (Wildman–Crippen MR) is 150 cm³/mol. The highest BCUT2D eigenvalue weighted by molar-refractivity contribution is 6.04. The summed E-state index contributed by atoms with van der Waals surface area (Å²) in [5.41, 5.74) is 0.366. The number of nitrogens with zero attached hydrogens (tertiary/aromatic N) is 3. The number of rotatable bonds is 6. The summed E-state index contributed by atoms with van der Waals surface area (Å²) >= 11 is 0. The third-order valence-corrected chi connectivity index (χ3v) is 8.74. The Hall–Kier alpha value is -3.75. The molecule has 0 aromatic heterocycles. The van der Waals surface area contributed by atoms with Gasteiger partial charge in [-0.15, -0.1) is 0 Å². The molecule has 6 rings (SSSR count). The minimum absolute atomic E-state index is 0.105. The number of para-hydroxylation sites is 1. The molecule has 0 bridgehead atoms. The molecule has 2 aromatic carbocycles. The maximum absolute atomic E-state index is 14.6. The molecule has 2 aromatic rings. The van der Waals surface area contributed by atoms with Crippen molar-refractivity contribution in [2.24, 2.45) is 11.8 Å². The first-order chi connectivity index (χ1) is 19.4. The first-order valence-electron chi connectivity index (χ1n) is 14.0. The topological polar surface area (TPSA) is 90.4 Å². The average molecular weight is 542 g/mol. The Bertz CT molecular complexity index is 1340. The van der Waals surface area contributed by atoms with Crippen LogP contribution in [0.15, 0.2) is 85.0 Å². The highest BCUT2D eigenvalue weighted by atomic mass is 16.5. The molecule has 8 heteroatoms. The molecule has 8 nitrogen and oxygen atoms in total. The van der Waals surface area contributed by atoms with Crippen molar-refractivity contribution in [1.29, 1.82) is 0 Å². The van der Waals surface area contributed by atoms with Crippen molar-refractivity contribution in [3.8, 4) is 0 Å². The van der Waals surface area contributed by atoms with Gasteiger partial charge in [0.15, 0.2) is 0 Å². The summed E-state index contributed by atoms with van der Waals surface area (Å²) in [7, 11) is 0. The Balaban J connectivity index is 1.46. The molecule has 1 spiro atoms. The molecular formula is C32H35N3O5. The number of fused-ring (bicyclic) bond motifs is 2. The standard InChI is InChI=1S/C32H35N3O5/c1-21(2)33-18-10-16-32-27(26-25(40-32)15-9-17-34(29(26)37)23-13-7-4-8-14-23)30(38)35(28(32)31(33)39)24(20-36)19-22-11-5-3-6-12-22/h3-16,21,24-28,36H,17-20H2,1-2H3/t24-,25+,26-,27+,28?,32+/m1/s1. The Morgan fingerprint density at radius 1 is 0.925 bits per heavy atom. The van der Waals surface area contributed by atoms with Crippen LogP contribution in [0.25, 0.3) is 0 Å². The second kappa shape index (κ2) is 10.3. The summed E-state index contributed by atoms with van der Waals surface area (Å²) in [5.74, 6) is -2.46. The van der Waals surface area contributed by atoms with Crippen LogP contribution in [0, 0.1) is 11.8 Å². The van der Waals surface area contributed by atoms with Crippen LogP contribution in [-0.2, 0) is 25.5 Å². The van der Waals surface area contributed by atoms with Gasteiger partial charge in [0.05, 0.1) is 30.6 Å². The number of anilines is 1. The van der Waals surface area contributed by atoms with Crippen LogP contribution in [0.5, 0.6) is 0 Å². The number of amides is 3. The van der Waals surface area contributed by atoms with Crippen LogP contribution >= 0.6 is 0 Å². The average Bonchev–Trinajstić information content (AvgIpc) is 3.28. The Kier molecular flexibility index (Phi) is 6.84. The van der Waals surface area contributed by atoms with Crippen LogP contribution < -0.4 is 4.90 Å². The first-order valence-corrected chi connectivity index (χ1v) is 14.0. The Morgan fingerprint density at radius 3 is 2.30 bits per heavy atom. The quantitative estimate of drug-likeness (QED) is 0.568. The van der Waals surface area contributed by atoms with E-state index < -0.39 is 35.6 Å². The van der Waals surface area contributed by atoms with Gasteiger partial charge in [0, 0.05) is 24.8 Å². The molecule has 208 valence electrons. The molecule has 0 radical (unpaired) electrons. The predicted octanol–water partition coefficient (Wildman–Crippen LogP) is 2.58. The number of hydrogen-bond acceptors (Lipinski definition) is 5. The molecule has 1 N–H and O–H groups in total. The van der Waals surface area contributed by atoms with Crippen LogP contribution in [0.1, 0.15) is 19.4 Å². The number of carbonyl (C=O) groups is 3. The second-order valence-corrected chi connectivity index (χ2v) is 11.3. The summed E-state index contributed by atoms with van der Waals surface area (Å²) in [6.45, 7) is 4.31. The third-order valence-electron chi connectivity index (χ3n) is 8.74. The lowest BCUT2D eigenvalue weighted by Gasteiger charge is -2.39. The minimum atomic E-state index is -1.32. The molecule has 4 heterocycles. The van der Waals surface area contributed by atoms with E-state index >= 15 is 0 Å². The molecule has 40 heavy (non-hydrogen) atoms. The van der Waals surface area contributed by atoms with E-state index in [1.54, 1.807) is 9.80 Å². The van der Waals surface area contributed by atoms with E-state index in [0.717, 1.165) is 11.3 Å². The van der Waals surface area contributed by atoms with Crippen molar-refractivity contribution < 1.29 is 24.2 Å². The fraction of sp³-hybridized carbons (Fsp3) is 0.406. The second-order valence-electron chi connectivity index (χ2n) is 11.3. The molecular weight excluding hydrogens is 506 g/mol. The van der Waals surface area contributed by atoms with Crippen LogP contribution in [0.3, 0.4) is 0 Å². The molecule has 2 saturated heterocycles. The zero-order chi connectivity index (χ0) is 28.0. The van der Waals surface area contributed by atoms with Crippen molar-refractivity contribution in [3.05, 3.63) is 90.5 Å². The smallest absolute Gasteiger partial charge is 0.249 e. The molecule has 1 unspecified atom stereocenters. The van der Waals surface area contributed by atoms with E-state index in [-0.39, 0.29) is 30.4 Å². The van der Waals surface area contributed by atoms with Crippen molar-refractivity contribution in [2.45, 2.75) is 50.1 Å². The summed E-state index contributed by atoms with van der Waals surface area (Å²) in [6.07, 6.45) is 7.23. The van der Waals surface area contributed by atoms with Crippen molar-refractivity contribution in [2.75, 3.05) is 24.6 Å². The molecule has 2 fully saturated rings. The lowest BCUT2D eigenvalue weighted by Crippen LogP contribution is -2.59. The SMILES string of the molecule is CC(C)N1CC=C[C@]23O[C@H]4C=CCN(c5ccccc5)C(=O)[C@H]4[C@H]2C(=O)N([C@@H](CO)Cc2ccccc2)C3C1=O. The van der Waals surface area contributed by atoms with E-state index in [0.29, 0.717) is 19.5 Å². The Morgan fingerprint density at radius 2 is 1.62 bits per heavy atom. The number of likely N-dealkylation sites (tertiary alicyclic amines) is 1. The number of ether oxygens (including phenoxy) is 1. The van der Waals surface area contributed by atoms with E-state index in [1.807, 2.05) is 98.8 Å². The third kappa shape index (κ3) is 4.09. The number of carbonyl (C=O) groups excluding carboxylic acids is 3. The minimum Gasteiger partial charge on any atom is -0.394 e. The highest BCUT2D eigenvalue weighted by Crippen LogP contribution is 2.54. The first kappa shape index (κ1) is 26.5. The Labute approximate surface area is 234 Å². The maximum atomic E-state index is 14.6. The van der Waals surface area contributed by atoms with Gasteiger partial charge in [-0.3, -0.25) is 14.4 Å². The normalized spacial score (nSPS) is 30.3. The number of hydrogen-bond donors (Lipinski definition) is 1. The largest absolute Gasteiger partial charge is 0.394 e. The zero-order valence-electron chi connectivity index (χ0n) is 22.8. The summed E-state index contributed by atoms with van der Waals surface area (Å²) in [6, 6.07) is 17.3. The van der Waals surface area contributed by atoms with Gasteiger partial charge in [0.1, 0.15) is 11.6 Å². The maximum Gasteiger partial charge on any atom is 0.249 e. The van der Waals surface area contributed by atoms with Gasteiger partial charge >= 0.3 is 0 Å². The van der Waals surface area contributed by atoms with Gasteiger partial charge in [-0.05, 0) is 38.0 Å². The molecule has 6 atom stereocenters. The van der Waals surface area contributed by atoms with Gasteiger partial charge in [-0.25, -0.2) is 0 Å². The summed E-state index contributed by atoms with van der Waals surface area (Å²) < 4.78 is 6.73. The summed E-state index contributed by atoms with van der Waals surface area (Å²) in [4.78, 5) is 48.0. The number of aliphatic hydroxyl groups excluding tert-OH is 1. The lowest BCUT2D eigenvalue weighted by molar-refractivity contribution is -0.151. The molecule has 4 aliphatic rings. The number of aliphatic hydroxyl groups is 1. The van der Waals surface area contributed by atoms with E-state index in [2.05, 4.69) is 0 Å². The van der Waals surface area contributed by atoms with Gasteiger partial charge in [-0.1, -0.05) is 72.8 Å². The molecule has 0 saturated carbocycles. The van der Waals surface area contributed by atoms with Gasteiger partial charge in [0.2, 0.25) is 17.7 Å². The van der Waals surface area contributed by atoms with Crippen LogP contribution in [0.2, 0.25) is 0 Å². The molecule has 3 amide bonds. The van der Waals surface area contributed by atoms with Crippen molar-refractivity contribution in [1.82, 2.24) is 9.80 Å². The zero-order valence-corrected chi connectivity index (χ0v) is 22.8. The fourth-order valence-corrected chi connectivity index (χ4v) is 6.93. The molecule has 4 aliphatic heterocycles. The fourth-order valence-electron chi connectivity index (χ4n) is 6.93. The highest BCUT2D eigenvalue weighted by Gasteiger charge is 2.72. The number of benzene rings is 2. The van der Waals surface area contributed by atoms with E-state index in [1.165, 1.54) is 4.90 Å². The van der Waals surface area contributed by atoms with E-state index in [4.69, 9.17) is 4.74 Å². The molecule has 0 aliphatic carbocycles.